The molecule has 1 saturated heterocycles. The number of aromatic nitrogens is 2. The van der Waals surface area contributed by atoms with Crippen LogP contribution in [0.2, 0.25) is 5.02 Å². The number of alkyl halides is 1. The van der Waals surface area contributed by atoms with Gasteiger partial charge in [0.25, 0.3) is 11.5 Å². The number of carbonyl (C=O) groups excluding carboxylic acids is 1. The second-order valence-corrected chi connectivity index (χ2v) is 7.99. The standard InChI is InChI=1S/C21H21ClFN3O2/c1-13-10-25(3)20(28)17-16(11-24(2)18(13)17)19(27)26-9-8-21(23,12-26)14-4-6-15(22)7-5-14/h4-7,10-11H,8-9,12H2,1-3H3. The molecule has 0 radical (unpaired) electrons. The van der Waals surface area contributed by atoms with Gasteiger partial charge in [-0.15, -0.1) is 0 Å². The SMILES string of the molecule is Cc1cn(C)c(=O)c2c(C(=O)N3CCC(F)(c4ccc(Cl)cc4)C3)cn(C)c12. The number of rotatable bonds is 2. The van der Waals surface area contributed by atoms with E-state index in [1.165, 1.54) is 9.47 Å². The maximum absolute atomic E-state index is 15.5. The quantitative estimate of drug-likeness (QED) is 0.659. The Morgan fingerprint density at radius 2 is 1.82 bits per heavy atom. The van der Waals surface area contributed by atoms with E-state index in [1.54, 1.807) is 48.3 Å². The number of nitrogens with zero attached hydrogens (tertiary/aromatic N) is 3. The van der Waals surface area contributed by atoms with Crippen molar-refractivity contribution >= 4 is 28.4 Å². The molecule has 3 heterocycles. The van der Waals surface area contributed by atoms with Crippen LogP contribution in [0.3, 0.4) is 0 Å². The Morgan fingerprint density at radius 1 is 1.14 bits per heavy atom. The third-order valence-corrected chi connectivity index (χ3v) is 5.83. The van der Waals surface area contributed by atoms with Crippen molar-refractivity contribution in [1.82, 2.24) is 14.0 Å². The number of carbonyl (C=O) groups is 1. The predicted molar refractivity (Wildman–Crippen MR) is 108 cm³/mol. The summed E-state index contributed by atoms with van der Waals surface area (Å²) >= 11 is 5.90. The minimum atomic E-state index is -1.62. The lowest BCUT2D eigenvalue weighted by atomic mass is 9.95. The molecule has 0 aliphatic carbocycles. The first-order valence-corrected chi connectivity index (χ1v) is 9.48. The molecule has 3 aromatic rings. The second kappa shape index (κ2) is 6.48. The van der Waals surface area contributed by atoms with Crippen LogP contribution < -0.4 is 5.56 Å². The molecule has 7 heteroatoms. The van der Waals surface area contributed by atoms with E-state index in [-0.39, 0.29) is 24.4 Å². The third-order valence-electron chi connectivity index (χ3n) is 5.58. The number of hydrogen-bond acceptors (Lipinski definition) is 2. The first-order valence-electron chi connectivity index (χ1n) is 9.11. The Bertz CT molecular complexity index is 1150. The third kappa shape index (κ3) is 2.83. The van der Waals surface area contributed by atoms with Crippen molar-refractivity contribution in [3.05, 3.63) is 68.7 Å². The average molecular weight is 402 g/mol. The highest BCUT2D eigenvalue weighted by atomic mass is 35.5. The van der Waals surface area contributed by atoms with E-state index in [1.807, 2.05) is 14.0 Å². The zero-order chi connectivity index (χ0) is 20.2. The summed E-state index contributed by atoms with van der Waals surface area (Å²) in [4.78, 5) is 27.4. The summed E-state index contributed by atoms with van der Waals surface area (Å²) in [5.74, 6) is -0.318. The summed E-state index contributed by atoms with van der Waals surface area (Å²) < 4.78 is 18.8. The van der Waals surface area contributed by atoms with E-state index >= 15 is 4.39 Å². The maximum Gasteiger partial charge on any atom is 0.260 e. The first kappa shape index (κ1) is 18.7. The zero-order valence-corrected chi connectivity index (χ0v) is 16.8. The molecule has 146 valence electrons. The summed E-state index contributed by atoms with van der Waals surface area (Å²) in [5, 5.41) is 0.929. The highest BCUT2D eigenvalue weighted by Gasteiger charge is 2.42. The Balaban J connectivity index is 1.72. The lowest BCUT2D eigenvalue weighted by molar-refractivity contribution is 0.0752. The summed E-state index contributed by atoms with van der Waals surface area (Å²) in [6.07, 6.45) is 3.63. The van der Waals surface area contributed by atoms with Crippen LogP contribution in [-0.2, 0) is 19.8 Å². The smallest absolute Gasteiger partial charge is 0.260 e. The summed E-state index contributed by atoms with van der Waals surface area (Å²) in [6, 6.07) is 6.63. The predicted octanol–water partition coefficient (Wildman–Crippen LogP) is 3.55. The summed E-state index contributed by atoms with van der Waals surface area (Å²) in [7, 11) is 3.47. The second-order valence-electron chi connectivity index (χ2n) is 7.55. The van der Waals surface area contributed by atoms with Crippen molar-refractivity contribution in [2.45, 2.75) is 19.0 Å². The van der Waals surface area contributed by atoms with E-state index in [2.05, 4.69) is 0 Å². The molecule has 2 aromatic heterocycles. The van der Waals surface area contributed by atoms with E-state index in [9.17, 15) is 9.59 Å². The Kier molecular flexibility index (Phi) is 4.34. The topological polar surface area (TPSA) is 47.2 Å². The molecular weight excluding hydrogens is 381 g/mol. The van der Waals surface area contributed by atoms with Gasteiger partial charge in [-0.05, 0) is 30.2 Å². The highest BCUT2D eigenvalue weighted by Crippen LogP contribution is 2.37. The lowest BCUT2D eigenvalue weighted by Gasteiger charge is -2.21. The van der Waals surface area contributed by atoms with Gasteiger partial charge in [0.15, 0.2) is 5.67 Å². The number of likely N-dealkylation sites (tertiary alicyclic amines) is 1. The molecule has 1 aliphatic rings. The molecule has 4 rings (SSSR count). The van der Waals surface area contributed by atoms with Crippen LogP contribution in [0.1, 0.15) is 27.9 Å². The first-order chi connectivity index (χ1) is 13.2. The largest absolute Gasteiger partial charge is 0.349 e. The van der Waals surface area contributed by atoms with Gasteiger partial charge >= 0.3 is 0 Å². The average Bonchev–Trinajstić information content (AvgIpc) is 3.21. The molecule has 0 bridgehead atoms. The van der Waals surface area contributed by atoms with Gasteiger partial charge in [-0.2, -0.15) is 0 Å². The fourth-order valence-electron chi connectivity index (χ4n) is 4.17. The van der Waals surface area contributed by atoms with Crippen LogP contribution >= 0.6 is 11.6 Å². The van der Waals surface area contributed by atoms with Crippen LogP contribution in [0, 0.1) is 6.92 Å². The van der Waals surface area contributed by atoms with Gasteiger partial charge in [0.2, 0.25) is 0 Å². The minimum Gasteiger partial charge on any atom is -0.349 e. The molecule has 1 amide bonds. The van der Waals surface area contributed by atoms with Crippen molar-refractivity contribution in [2.75, 3.05) is 13.1 Å². The monoisotopic (exact) mass is 401 g/mol. The van der Waals surface area contributed by atoms with E-state index in [4.69, 9.17) is 11.6 Å². The van der Waals surface area contributed by atoms with Gasteiger partial charge in [0.1, 0.15) is 0 Å². The summed E-state index contributed by atoms with van der Waals surface area (Å²) in [6.45, 7) is 2.15. The van der Waals surface area contributed by atoms with E-state index in [0.717, 1.165) is 11.1 Å². The summed E-state index contributed by atoms with van der Waals surface area (Å²) in [5.41, 5.74) is 0.619. The van der Waals surface area contributed by atoms with Crippen molar-refractivity contribution in [2.24, 2.45) is 14.1 Å². The highest BCUT2D eigenvalue weighted by molar-refractivity contribution is 6.30. The van der Waals surface area contributed by atoms with Crippen LogP contribution in [-0.4, -0.2) is 33.0 Å². The van der Waals surface area contributed by atoms with Crippen molar-refractivity contribution < 1.29 is 9.18 Å². The number of halogens is 2. The van der Waals surface area contributed by atoms with Gasteiger partial charge in [0, 0.05) is 44.5 Å². The molecule has 28 heavy (non-hydrogen) atoms. The van der Waals surface area contributed by atoms with Crippen molar-refractivity contribution in [3.63, 3.8) is 0 Å². The molecular formula is C21H21ClFN3O2. The molecule has 0 saturated carbocycles. The van der Waals surface area contributed by atoms with Crippen molar-refractivity contribution in [1.29, 1.82) is 0 Å². The Hall–Kier alpha value is -2.60. The van der Waals surface area contributed by atoms with Crippen LogP contribution in [0.4, 0.5) is 4.39 Å². The molecule has 1 atom stereocenters. The van der Waals surface area contributed by atoms with Gasteiger partial charge in [-0.25, -0.2) is 4.39 Å². The zero-order valence-electron chi connectivity index (χ0n) is 16.0. The van der Waals surface area contributed by atoms with Gasteiger partial charge in [-0.1, -0.05) is 23.7 Å². The molecule has 1 fully saturated rings. The number of aryl methyl sites for hydroxylation is 3. The molecule has 0 N–H and O–H groups in total. The Labute approximate surface area is 166 Å². The number of benzene rings is 1. The Morgan fingerprint density at radius 3 is 2.50 bits per heavy atom. The molecule has 5 nitrogen and oxygen atoms in total. The maximum atomic E-state index is 15.5. The van der Waals surface area contributed by atoms with Crippen LogP contribution in [0.25, 0.3) is 10.9 Å². The van der Waals surface area contributed by atoms with Crippen LogP contribution in [0.5, 0.6) is 0 Å². The number of amides is 1. The molecule has 1 aromatic carbocycles. The van der Waals surface area contributed by atoms with Gasteiger partial charge < -0.3 is 14.0 Å². The van der Waals surface area contributed by atoms with Crippen molar-refractivity contribution in [3.8, 4) is 0 Å². The lowest BCUT2D eigenvalue weighted by Crippen LogP contribution is -2.32. The van der Waals surface area contributed by atoms with Gasteiger partial charge in [0.05, 0.1) is 23.0 Å². The molecule has 0 spiro atoms. The van der Waals surface area contributed by atoms with E-state index < -0.39 is 5.67 Å². The minimum absolute atomic E-state index is 0.0457. The number of pyridine rings is 1. The number of hydrogen-bond donors (Lipinski definition) is 0. The molecule has 1 aliphatic heterocycles. The van der Waals surface area contributed by atoms with Gasteiger partial charge in [-0.3, -0.25) is 9.59 Å². The fourth-order valence-corrected chi connectivity index (χ4v) is 4.29. The molecule has 1 unspecified atom stereocenters. The fraction of sp³-hybridized carbons (Fsp3) is 0.333. The van der Waals surface area contributed by atoms with Crippen LogP contribution in [0.15, 0.2) is 41.5 Å². The van der Waals surface area contributed by atoms with E-state index in [0.29, 0.717) is 28.1 Å². The normalized spacial score (nSPS) is 19.5. The number of fused-ring (bicyclic) bond motifs is 1.